The van der Waals surface area contributed by atoms with Crippen molar-refractivity contribution in [2.75, 3.05) is 82.8 Å². The molecule has 13 aliphatic rings. The summed E-state index contributed by atoms with van der Waals surface area (Å²) in [6.45, 7) is 1.32. The maximum Gasteiger partial charge on any atom is 1.00 e. The Bertz CT molecular complexity index is 5880. The molecule has 5 N–H and O–H groups in total. The van der Waals surface area contributed by atoms with Crippen molar-refractivity contribution < 1.29 is 167 Å². The SMILES string of the molecule is BrB(Br)Br.C.C.C.C.CC(Cl)OC(=O)Cl.CN1C2CCC1CC(=O)C2.CN1C2CCC1CC1(C2)Nc2ccc(Br)cc2S1.COc1cccc(F)c1[N+](=O)[O-].COc1cccc(Sc2ccccc2NC2CC3CCC(C2)N3C)c1[N+](=O)[O-].COc1cccc2c1Sc1cc(Br)ccc1N2C1CC2CCC(C1)N2.COc1cccc2c1Sc1cc(Br)ccc1N2C1CC2CCC(C1)N2C.Nc1ccc(Br)cc1S.O=CO[O-].[H-].[K+].[K+]. The number of fused-ring (bicyclic) bond motifs is 15. The van der Waals surface area contributed by atoms with Crippen molar-refractivity contribution in [3.05, 3.63) is 214 Å². The van der Waals surface area contributed by atoms with Crippen molar-refractivity contribution in [1.29, 1.82) is 0 Å². The third-order valence-electron chi connectivity index (χ3n) is 28.1. The number of carbonyl (C=O) groups excluding carboxylic acids is 3. The van der Waals surface area contributed by atoms with Gasteiger partial charge in [0.2, 0.25) is 5.82 Å². The molecule has 22 rings (SSSR count). The van der Waals surface area contributed by atoms with Gasteiger partial charge >= 0.3 is 123 Å². The van der Waals surface area contributed by atoms with E-state index in [1.807, 2.05) is 59.9 Å². The van der Waals surface area contributed by atoms with E-state index in [1.54, 1.807) is 32.4 Å². The molecule has 11 unspecified atom stereocenters. The number of nitro groups is 2. The second kappa shape index (κ2) is 63.5. The normalized spacial score (nSPS) is 23.4. The number of thioether (sulfide) groups is 1. The van der Waals surface area contributed by atoms with Gasteiger partial charge in [0.1, 0.15) is 17.3 Å². The van der Waals surface area contributed by atoms with Gasteiger partial charge in [0, 0.05) is 162 Å². The molecule has 13 heterocycles. The van der Waals surface area contributed by atoms with Gasteiger partial charge in [0.05, 0.1) is 80.6 Å². The molecule has 10 bridgehead atoms. The van der Waals surface area contributed by atoms with Crippen LogP contribution in [0.15, 0.2) is 227 Å². The van der Waals surface area contributed by atoms with Gasteiger partial charge in [0.15, 0.2) is 17.1 Å². The van der Waals surface area contributed by atoms with Gasteiger partial charge in [0.25, 0.3) is 6.47 Å². The summed E-state index contributed by atoms with van der Waals surface area (Å²) in [5.41, 5.74) is 11.7. The average molecular weight is 2690 g/mol. The molecule has 10 fully saturated rings. The fraction of sp³-hybridized carbons (Fsp3) is 0.457. The topological polar surface area (TPSA) is 297 Å². The van der Waals surface area contributed by atoms with Gasteiger partial charge in [-0.3, -0.25) is 34.7 Å². The first-order valence-electron chi connectivity index (χ1n) is 47.0. The van der Waals surface area contributed by atoms with Crippen LogP contribution < -0.4 is 158 Å². The van der Waals surface area contributed by atoms with E-state index in [0.717, 1.165) is 96.3 Å². The van der Waals surface area contributed by atoms with Crippen LogP contribution in [-0.2, 0) is 19.2 Å². The van der Waals surface area contributed by atoms with Crippen LogP contribution >= 0.6 is 194 Å². The number of ketones is 1. The van der Waals surface area contributed by atoms with Crippen molar-refractivity contribution in [2.45, 2.75) is 293 Å². The summed E-state index contributed by atoms with van der Waals surface area (Å²) >= 11 is 44.6. The van der Waals surface area contributed by atoms with Crippen LogP contribution in [0.5, 0.6) is 23.0 Å². The Balaban J connectivity index is 0.000000266. The fourth-order valence-electron chi connectivity index (χ4n) is 21.5. The minimum Gasteiger partial charge on any atom is -1.00 e. The van der Waals surface area contributed by atoms with Gasteiger partial charge in [-0.25, -0.2) is 4.79 Å². The van der Waals surface area contributed by atoms with Gasteiger partial charge < -0.3 is 81.4 Å². The number of thiol groups is 1. The van der Waals surface area contributed by atoms with Gasteiger partial charge in [-0.1, -0.05) is 188 Å². The molecular weight excluding hydrogens is 2550 g/mol. The summed E-state index contributed by atoms with van der Waals surface area (Å²) in [6, 6.07) is 63.7. The quantitative estimate of drug-likeness (QED) is 0.00778. The molecule has 44 heteroatoms. The Morgan fingerprint density at radius 1 is 0.557 bits per heavy atom. The van der Waals surface area contributed by atoms with Crippen LogP contribution in [0, 0.1) is 26.0 Å². The number of benzene rings is 9. The summed E-state index contributed by atoms with van der Waals surface area (Å²) in [5, 5.41) is 41.6. The first-order valence-corrected chi connectivity index (χ1v) is 57.5. The molecule has 0 radical (unpaired) electrons. The number of ether oxygens (including phenoxy) is 5. The number of para-hydroxylation sites is 3. The van der Waals surface area contributed by atoms with Gasteiger partial charge in [-0.05, 0) is 284 Å². The Labute approximate surface area is 1060 Å². The molecule has 149 heavy (non-hydrogen) atoms. The molecule has 11 atom stereocenters. The number of nitrogens with one attached hydrogen (secondary N) is 3. The number of nitrogens with zero attached hydrogens (tertiary/aromatic N) is 8. The van der Waals surface area contributed by atoms with E-state index < -0.39 is 27.4 Å². The number of hydrogen-bond donors (Lipinski definition) is 5. The number of nitrogen functional groups attached to an aromatic ring is 1. The van der Waals surface area contributed by atoms with Gasteiger partial charge in [-0.15, -0.1) is 59.9 Å². The van der Waals surface area contributed by atoms with Gasteiger partial charge in [-0.2, -0.15) is 4.39 Å². The van der Waals surface area contributed by atoms with Crippen LogP contribution in [0.25, 0.3) is 0 Å². The number of carbonyl (C=O) groups is 3. The van der Waals surface area contributed by atoms with Crippen molar-refractivity contribution in [3.8, 4) is 23.0 Å². The van der Waals surface area contributed by atoms with E-state index in [9.17, 15) is 34.2 Å². The maximum atomic E-state index is 12.8. The van der Waals surface area contributed by atoms with E-state index in [4.69, 9.17) is 53.2 Å². The Hall–Kier alpha value is -2.69. The predicted molar refractivity (Wildman–Crippen MR) is 629 cm³/mol. The van der Waals surface area contributed by atoms with E-state index in [0.29, 0.717) is 70.7 Å². The standard InChI is InChI=1S/C21H23BrN2OS.C21H25N3O3S.C20H21BrN2OS.C14H17BrN2S.C8H13NO.C7H6FNO3.C6H6BrNS.C3H4Cl2O2.CH2O3.4CH4.BBr3.2K.H/c1-23-14-7-8-15(23)12-16(11-14)24-17-9-6-13(22)10-20(17)26-21-18(24)4-3-5-19(21)25-2;1-23-15-10-11-16(23)13-14(12-15)22-17-6-3-4-8-19(17)28-20-9-5-7-18(27-2)21(20)24(25)26;1-24-18-4-2-3-17-20(18)25-19-9-12(21)5-8-16(19)23(17)15-10-13-6-7-14(11-15)22-13;1-17-10-3-4-11(17)8-14(7-10)16-12-5-2-9(15)6-13(12)18-14;1-9-6-2-3-7(9)5-8(10)4-6;1-12-6-4-2-3-5(8)7(6)9(10)11;7-4-1-2-5(8)6(9)3-4;1-2(4)7-3(5)6;2-1-4-3;;;;;2-1(3)4;;;/h3-6,9-10,14-16H,7-8,11-12H2,1-2H3;3-9,14-16,22H,10-13H2,1-2H3;2-5,8-9,13-15,22H,6-7,10-11H2,1H3;2,5-6,10-11,16H,3-4,7-8H2,1H3;6-7H,2-5H2,1H3;2-4H,1H3;1-3,9H,8H2;2H,1H3;1,3H;4*1H4;;;;/q;;;;;;;;;;;;;;2*+1;-1/p-1. The van der Waals surface area contributed by atoms with Crippen LogP contribution in [0.4, 0.5) is 60.4 Å². The molecule has 9 aromatic carbocycles. The number of nitrogens with two attached hydrogens (primary N) is 1. The van der Waals surface area contributed by atoms with Crippen LogP contribution in [0.3, 0.4) is 0 Å². The molecule has 9 aromatic rings. The number of hydrogen-bond acceptors (Lipinski definition) is 29. The number of piperidine rings is 5. The number of rotatable bonds is 14. The molecular formula is C105H133BBr7Cl2FK2N12O14S5. The van der Waals surface area contributed by atoms with Crippen LogP contribution in [0.1, 0.15) is 166 Å². The molecule has 0 aromatic heterocycles. The molecule has 26 nitrogen and oxygen atoms in total. The van der Waals surface area contributed by atoms with Crippen molar-refractivity contribution >= 4 is 266 Å². The van der Waals surface area contributed by atoms with Crippen LogP contribution in [-0.4, -0.2) is 196 Å². The number of nitro benzene ring substituents is 2. The number of anilines is 7. The third-order valence-corrected chi connectivity index (χ3v) is 35.5. The smallest absolute Gasteiger partial charge is 1.00 e. The van der Waals surface area contributed by atoms with Crippen molar-refractivity contribution in [3.63, 3.8) is 0 Å². The fourth-order valence-corrected chi connectivity index (χ4v) is 29.0. The molecule has 1 spiro atoms. The van der Waals surface area contributed by atoms with Crippen molar-refractivity contribution in [2.24, 2.45) is 0 Å². The van der Waals surface area contributed by atoms with E-state index in [1.165, 1.54) is 205 Å². The summed E-state index contributed by atoms with van der Waals surface area (Å²) in [4.78, 5) is 77.2. The first kappa shape index (κ1) is 133. The number of alkyl halides is 1. The second-order valence-electron chi connectivity index (χ2n) is 36.7. The largest absolute Gasteiger partial charge is 1.00 e. The Morgan fingerprint density at radius 2 is 0.953 bits per heavy atom. The first-order chi connectivity index (χ1) is 68.5. The molecule has 10 saturated heterocycles. The van der Waals surface area contributed by atoms with E-state index in [2.05, 4.69) is 320 Å². The minimum absolute atomic E-state index is 0. The number of halogens is 10. The molecule has 0 amide bonds. The summed E-state index contributed by atoms with van der Waals surface area (Å²) < 4.78 is 42.8. The van der Waals surface area contributed by atoms with Crippen molar-refractivity contribution in [1.82, 2.24) is 24.9 Å². The molecule has 0 saturated carbocycles. The minimum atomic E-state index is -0.889. The summed E-state index contributed by atoms with van der Waals surface area (Å²) in [6.07, 6.45) is 24.5. The maximum absolute atomic E-state index is 12.8. The Kier molecular flexibility index (Phi) is 56.7. The third kappa shape index (κ3) is 35.4. The van der Waals surface area contributed by atoms with E-state index >= 15 is 0 Å². The summed E-state index contributed by atoms with van der Waals surface area (Å²) in [7, 11) is 15.3. The zero-order valence-corrected chi connectivity index (χ0v) is 105. The molecule has 802 valence electrons. The predicted octanol–water partition coefficient (Wildman–Crippen LogP) is 23.8. The number of Topliss-reactive ketones (excluding diaryl/α,β-unsaturated/α-hetero) is 1. The van der Waals surface area contributed by atoms with E-state index in [-0.39, 0.29) is 171 Å². The molecule has 0 aliphatic carbocycles. The average Bonchev–Trinajstić information content (AvgIpc) is 1.46. The zero-order valence-electron chi connectivity index (χ0n) is 83.3. The Morgan fingerprint density at radius 3 is 1.40 bits per heavy atom. The monoisotopic (exact) mass is 2680 g/mol. The molecule has 13 aliphatic heterocycles. The number of methoxy groups -OCH3 is 4. The summed E-state index contributed by atoms with van der Waals surface area (Å²) in [5.74, 6) is 1.74. The zero-order chi connectivity index (χ0) is 103. The second-order valence-corrected chi connectivity index (χ2v) is 52.8. The van der Waals surface area contributed by atoms with Crippen LogP contribution in [0.2, 0.25) is 0 Å².